The molecule has 0 bridgehead atoms. The Bertz CT molecular complexity index is 1180. The van der Waals surface area contributed by atoms with Crippen molar-refractivity contribution in [3.63, 3.8) is 0 Å². The van der Waals surface area contributed by atoms with Gasteiger partial charge in [-0.15, -0.1) is 0 Å². The summed E-state index contributed by atoms with van der Waals surface area (Å²) in [6.45, 7) is 13.2. The number of nitrogens with zero attached hydrogens (tertiary/aromatic N) is 1. The molecule has 9 heteroatoms. The number of ketones is 1. The summed E-state index contributed by atoms with van der Waals surface area (Å²) in [5, 5.41) is 16.2. The first kappa shape index (κ1) is 29.7. The fourth-order valence-electron chi connectivity index (χ4n) is 9.53. The van der Waals surface area contributed by atoms with Crippen molar-refractivity contribution in [3.8, 4) is 0 Å². The Hall–Kier alpha value is -1.74. The van der Waals surface area contributed by atoms with Crippen LogP contribution >= 0.6 is 15.9 Å². The molecule has 1 heterocycles. The third-order valence-electron chi connectivity index (χ3n) is 11.4. The van der Waals surface area contributed by atoms with Crippen LogP contribution in [0.15, 0.2) is 10.6 Å². The zero-order chi connectivity index (χ0) is 29.4. The highest BCUT2D eigenvalue weighted by molar-refractivity contribution is 9.10. The van der Waals surface area contributed by atoms with Crippen LogP contribution in [0.25, 0.3) is 0 Å². The van der Waals surface area contributed by atoms with Gasteiger partial charge in [-0.1, -0.05) is 48.8 Å². The number of hydrogen-bond donors (Lipinski definition) is 1. The third kappa shape index (κ3) is 4.58. The molecule has 0 radical (unpaired) electrons. The molecular formula is C31H44BrNO7. The van der Waals surface area contributed by atoms with E-state index < -0.39 is 29.7 Å². The van der Waals surface area contributed by atoms with Crippen LogP contribution in [0.1, 0.15) is 104 Å². The highest BCUT2D eigenvalue weighted by Crippen LogP contribution is 2.69. The van der Waals surface area contributed by atoms with E-state index in [9.17, 15) is 19.5 Å². The molecule has 4 saturated carbocycles. The lowest BCUT2D eigenvalue weighted by Gasteiger charge is -2.62. The number of rotatable bonds is 5. The number of alkyl halides is 1. The quantitative estimate of drug-likeness (QED) is 0.329. The predicted octanol–water partition coefficient (Wildman–Crippen LogP) is 5.69. The van der Waals surface area contributed by atoms with Crippen molar-refractivity contribution in [3.05, 3.63) is 17.5 Å². The highest BCUT2D eigenvalue weighted by atomic mass is 79.9. The van der Waals surface area contributed by atoms with Gasteiger partial charge in [0.1, 0.15) is 17.8 Å². The average Bonchev–Trinajstić information content (AvgIpc) is 3.49. The van der Waals surface area contributed by atoms with Crippen LogP contribution in [0, 0.1) is 40.4 Å². The van der Waals surface area contributed by atoms with Gasteiger partial charge < -0.3 is 19.1 Å². The molecule has 11 atom stereocenters. The van der Waals surface area contributed by atoms with Crippen molar-refractivity contribution in [1.82, 2.24) is 5.16 Å². The Balaban J connectivity index is 1.46. The average molecular weight is 623 g/mol. The maximum atomic E-state index is 14.1. The van der Waals surface area contributed by atoms with E-state index in [2.05, 4.69) is 48.8 Å². The summed E-state index contributed by atoms with van der Waals surface area (Å²) in [4.78, 5) is 37.6. The maximum absolute atomic E-state index is 14.1. The van der Waals surface area contributed by atoms with Crippen molar-refractivity contribution in [2.24, 2.45) is 40.4 Å². The van der Waals surface area contributed by atoms with Gasteiger partial charge in [0.05, 0.1) is 10.5 Å². The van der Waals surface area contributed by atoms with E-state index in [1.165, 1.54) is 13.8 Å². The van der Waals surface area contributed by atoms with Crippen LogP contribution in [0.2, 0.25) is 0 Å². The van der Waals surface area contributed by atoms with E-state index in [4.69, 9.17) is 14.0 Å². The molecule has 40 heavy (non-hydrogen) atoms. The van der Waals surface area contributed by atoms with Crippen LogP contribution in [0.5, 0.6) is 0 Å². The van der Waals surface area contributed by atoms with E-state index in [1.807, 2.05) is 13.0 Å². The second-order valence-electron chi connectivity index (χ2n) is 14.0. The lowest BCUT2D eigenvalue weighted by molar-refractivity contribution is -0.196. The van der Waals surface area contributed by atoms with Crippen LogP contribution in [0.4, 0.5) is 0 Å². The summed E-state index contributed by atoms with van der Waals surface area (Å²) in [5.74, 6) is 0.263. The summed E-state index contributed by atoms with van der Waals surface area (Å²) in [5.41, 5.74) is -0.911. The molecule has 4 aliphatic carbocycles. The van der Waals surface area contributed by atoms with Crippen LogP contribution in [0.3, 0.4) is 0 Å². The Labute approximate surface area is 245 Å². The lowest BCUT2D eigenvalue weighted by Crippen LogP contribution is -2.64. The maximum Gasteiger partial charge on any atom is 0.303 e. The number of aliphatic hydroxyl groups is 1. The monoisotopic (exact) mass is 621 g/mol. The van der Waals surface area contributed by atoms with E-state index >= 15 is 0 Å². The first-order valence-corrected chi connectivity index (χ1v) is 15.7. The number of ether oxygens (including phenoxy) is 2. The molecule has 1 N–H and O–H groups in total. The minimum atomic E-state index is -1.17. The second kappa shape index (κ2) is 10.2. The Morgan fingerprint density at radius 3 is 2.33 bits per heavy atom. The van der Waals surface area contributed by atoms with E-state index in [1.54, 1.807) is 0 Å². The summed E-state index contributed by atoms with van der Waals surface area (Å²) in [7, 11) is 0. The molecule has 1 aromatic heterocycles. The van der Waals surface area contributed by atoms with Crippen molar-refractivity contribution in [2.45, 2.75) is 116 Å². The minimum Gasteiger partial charge on any atom is -0.459 e. The smallest absolute Gasteiger partial charge is 0.303 e. The lowest BCUT2D eigenvalue weighted by atomic mass is 9.43. The predicted molar refractivity (Wildman–Crippen MR) is 150 cm³/mol. The number of aromatic nitrogens is 1. The molecule has 4 fully saturated rings. The summed E-state index contributed by atoms with van der Waals surface area (Å²) >= 11 is 3.87. The molecule has 0 saturated heterocycles. The van der Waals surface area contributed by atoms with Gasteiger partial charge in [-0.2, -0.15) is 0 Å². The zero-order valence-electron chi connectivity index (χ0n) is 24.7. The highest BCUT2D eigenvalue weighted by Gasteiger charge is 2.68. The van der Waals surface area contributed by atoms with Gasteiger partial charge in [-0.3, -0.25) is 14.4 Å². The topological polar surface area (TPSA) is 116 Å². The molecule has 1 aromatic rings. The van der Waals surface area contributed by atoms with E-state index in [-0.39, 0.29) is 56.9 Å². The Kier molecular flexibility index (Phi) is 7.59. The molecule has 0 amide bonds. The molecule has 0 spiro atoms. The normalized spacial score (nSPS) is 42.4. The van der Waals surface area contributed by atoms with Gasteiger partial charge >= 0.3 is 11.9 Å². The van der Waals surface area contributed by atoms with Gasteiger partial charge in [0.15, 0.2) is 11.5 Å². The minimum absolute atomic E-state index is 0.0345. The molecule has 222 valence electrons. The number of halogens is 1. The van der Waals surface area contributed by atoms with Crippen molar-refractivity contribution < 1.29 is 33.5 Å². The van der Waals surface area contributed by atoms with Crippen LogP contribution in [-0.2, 0) is 29.5 Å². The number of esters is 2. The SMILES string of the molecule is CC(=O)O[C@H]1C[C@@]2(C)C(C[C@H]1OC(C)=O)C(=O)[C@@H](Br)[C@H]1[C@@H]3CC[C@H](C(C)(O)c4cc(C(C)C)no4)[C@@]3(C)CC[C@@H]12. The van der Waals surface area contributed by atoms with E-state index in [0.29, 0.717) is 18.6 Å². The van der Waals surface area contributed by atoms with Crippen molar-refractivity contribution in [1.29, 1.82) is 0 Å². The van der Waals surface area contributed by atoms with Crippen LogP contribution in [-0.4, -0.2) is 45.0 Å². The fraction of sp³-hybridized carbons (Fsp3) is 0.806. The Morgan fingerprint density at radius 2 is 1.73 bits per heavy atom. The summed E-state index contributed by atoms with van der Waals surface area (Å²) in [6, 6.07) is 1.90. The van der Waals surface area contributed by atoms with Gasteiger partial charge in [0.2, 0.25) is 0 Å². The molecule has 2 unspecified atom stereocenters. The molecule has 5 rings (SSSR count). The van der Waals surface area contributed by atoms with Gasteiger partial charge in [-0.05, 0) is 80.0 Å². The standard InChI is InChI=1S/C31H44BrNO7/c1-15(2)21-13-25(40-33-21)31(7,37)24-9-8-18-26-19(10-11-29(18,24)5)30(6)14-23(39-17(4)35)22(38-16(3)34)12-20(30)28(36)27(26)32/h13,15,18-20,22-24,26-27,37H,8-12,14H2,1-7H3/t18-,19-,20?,22+,23-,24-,26-,27-,29-,30+,31?/m0/s1. The van der Waals surface area contributed by atoms with Crippen LogP contribution < -0.4 is 0 Å². The molecule has 4 aliphatic rings. The number of carbonyl (C=O) groups is 3. The molecular weight excluding hydrogens is 578 g/mol. The number of Topliss-reactive ketones (excluding diaryl/α,β-unsaturated/α-hetero) is 1. The van der Waals surface area contributed by atoms with Gasteiger partial charge in [0.25, 0.3) is 0 Å². The summed E-state index contributed by atoms with van der Waals surface area (Å²) in [6.07, 6.45) is 3.24. The molecule has 0 aliphatic heterocycles. The van der Waals surface area contributed by atoms with Crippen molar-refractivity contribution >= 4 is 33.7 Å². The molecule has 0 aromatic carbocycles. The largest absolute Gasteiger partial charge is 0.459 e. The number of fused-ring (bicyclic) bond motifs is 5. The zero-order valence-corrected chi connectivity index (χ0v) is 26.3. The van der Waals surface area contributed by atoms with E-state index in [0.717, 1.165) is 31.4 Å². The second-order valence-corrected chi connectivity index (χ2v) is 15.0. The first-order chi connectivity index (χ1) is 18.6. The number of hydrogen-bond acceptors (Lipinski definition) is 8. The number of carbonyl (C=O) groups excluding carboxylic acids is 3. The molecule has 8 nitrogen and oxygen atoms in total. The first-order valence-electron chi connectivity index (χ1n) is 14.8. The fourth-order valence-corrected chi connectivity index (χ4v) is 10.6. The Morgan fingerprint density at radius 1 is 1.10 bits per heavy atom. The van der Waals surface area contributed by atoms with Gasteiger partial charge in [0, 0.05) is 31.7 Å². The third-order valence-corrected chi connectivity index (χ3v) is 12.4. The summed E-state index contributed by atoms with van der Waals surface area (Å²) < 4.78 is 17.0. The van der Waals surface area contributed by atoms with Crippen molar-refractivity contribution in [2.75, 3.05) is 0 Å². The van der Waals surface area contributed by atoms with Gasteiger partial charge in [-0.25, -0.2) is 0 Å².